The van der Waals surface area contributed by atoms with Gasteiger partial charge in [-0.3, -0.25) is 0 Å². The van der Waals surface area contributed by atoms with Crippen molar-refractivity contribution in [1.29, 1.82) is 0 Å². The van der Waals surface area contributed by atoms with E-state index in [4.69, 9.17) is 17.0 Å². The molecule has 0 aliphatic heterocycles. The van der Waals surface area contributed by atoms with Gasteiger partial charge in [-0.2, -0.15) is 0 Å². The first-order valence-corrected chi connectivity index (χ1v) is 9.01. The molecule has 3 nitrogen and oxygen atoms in total. The standard InChI is InChI=1S/C20H24N2OS/c1-2-23-18-13-7-6-12-17(18)21-19(24)22-20(14-8-9-15-20)16-10-4-3-5-11-16/h3-7,10-13H,2,8-9,14-15H2,1H3,(H2,21,22,24). The van der Waals surface area contributed by atoms with Gasteiger partial charge in [-0.05, 0) is 49.7 Å². The molecule has 0 spiro atoms. The molecule has 0 bridgehead atoms. The lowest BCUT2D eigenvalue weighted by Crippen LogP contribution is -2.45. The van der Waals surface area contributed by atoms with Gasteiger partial charge in [0, 0.05) is 0 Å². The van der Waals surface area contributed by atoms with Crippen molar-refractivity contribution in [2.45, 2.75) is 38.1 Å². The first-order chi connectivity index (χ1) is 11.7. The maximum Gasteiger partial charge on any atom is 0.171 e. The molecule has 0 heterocycles. The van der Waals surface area contributed by atoms with Crippen LogP contribution in [0.3, 0.4) is 0 Å². The van der Waals surface area contributed by atoms with Gasteiger partial charge in [-0.15, -0.1) is 0 Å². The van der Waals surface area contributed by atoms with Crippen LogP contribution in [-0.2, 0) is 5.54 Å². The van der Waals surface area contributed by atoms with Gasteiger partial charge in [0.15, 0.2) is 5.11 Å². The summed E-state index contributed by atoms with van der Waals surface area (Å²) in [7, 11) is 0. The van der Waals surface area contributed by atoms with Crippen molar-refractivity contribution in [3.63, 3.8) is 0 Å². The van der Waals surface area contributed by atoms with Gasteiger partial charge in [-0.1, -0.05) is 55.3 Å². The third kappa shape index (κ3) is 3.70. The van der Waals surface area contributed by atoms with Crippen molar-refractivity contribution in [3.8, 4) is 5.75 Å². The molecule has 126 valence electrons. The average molecular weight is 340 g/mol. The molecule has 0 atom stereocenters. The van der Waals surface area contributed by atoms with Crippen LogP contribution in [0.2, 0.25) is 0 Å². The van der Waals surface area contributed by atoms with Gasteiger partial charge in [0.25, 0.3) is 0 Å². The summed E-state index contributed by atoms with van der Waals surface area (Å²) in [5, 5.41) is 7.55. The third-order valence-corrected chi connectivity index (χ3v) is 4.78. The summed E-state index contributed by atoms with van der Waals surface area (Å²) in [6.07, 6.45) is 4.65. The topological polar surface area (TPSA) is 33.3 Å². The van der Waals surface area contributed by atoms with Crippen LogP contribution in [-0.4, -0.2) is 11.7 Å². The van der Waals surface area contributed by atoms with Gasteiger partial charge in [0.2, 0.25) is 0 Å². The molecule has 0 aromatic heterocycles. The number of rotatable bonds is 5. The van der Waals surface area contributed by atoms with Gasteiger partial charge in [0.05, 0.1) is 17.8 Å². The van der Waals surface area contributed by atoms with Crippen molar-refractivity contribution in [2.75, 3.05) is 11.9 Å². The SMILES string of the molecule is CCOc1ccccc1NC(=S)NC1(c2ccccc2)CCCC1. The first-order valence-electron chi connectivity index (χ1n) is 8.60. The smallest absolute Gasteiger partial charge is 0.171 e. The van der Waals surface area contributed by atoms with E-state index in [0.717, 1.165) is 24.3 Å². The molecule has 0 radical (unpaired) electrons. The molecule has 2 N–H and O–H groups in total. The Labute approximate surface area is 149 Å². The molecule has 4 heteroatoms. The van der Waals surface area contributed by atoms with E-state index in [2.05, 4.69) is 41.0 Å². The Balaban J connectivity index is 1.76. The zero-order valence-corrected chi connectivity index (χ0v) is 14.9. The fourth-order valence-electron chi connectivity index (χ4n) is 3.44. The molecule has 3 rings (SSSR count). The minimum Gasteiger partial charge on any atom is -0.492 e. The minimum absolute atomic E-state index is 0.0636. The minimum atomic E-state index is -0.0636. The van der Waals surface area contributed by atoms with Gasteiger partial charge in [0.1, 0.15) is 5.75 Å². The summed E-state index contributed by atoms with van der Waals surface area (Å²) >= 11 is 5.61. The number of hydrogen-bond acceptors (Lipinski definition) is 2. The van der Waals surface area contributed by atoms with Gasteiger partial charge < -0.3 is 15.4 Å². The number of ether oxygens (including phenoxy) is 1. The van der Waals surface area contributed by atoms with E-state index in [9.17, 15) is 0 Å². The van der Waals surface area contributed by atoms with Crippen molar-refractivity contribution >= 4 is 23.0 Å². The maximum atomic E-state index is 5.67. The van der Waals surface area contributed by atoms with E-state index in [1.165, 1.54) is 18.4 Å². The van der Waals surface area contributed by atoms with Crippen molar-refractivity contribution < 1.29 is 4.74 Å². The molecule has 1 aliphatic rings. The largest absolute Gasteiger partial charge is 0.492 e. The Kier molecular flexibility index (Phi) is 5.36. The summed E-state index contributed by atoms with van der Waals surface area (Å²) in [4.78, 5) is 0. The summed E-state index contributed by atoms with van der Waals surface area (Å²) in [6.45, 7) is 2.61. The van der Waals surface area contributed by atoms with E-state index >= 15 is 0 Å². The zero-order valence-electron chi connectivity index (χ0n) is 14.0. The van der Waals surface area contributed by atoms with Gasteiger partial charge >= 0.3 is 0 Å². The van der Waals surface area contributed by atoms with E-state index in [1.54, 1.807) is 0 Å². The Bertz CT molecular complexity index is 681. The number of benzene rings is 2. The molecule has 0 amide bonds. The van der Waals surface area contributed by atoms with Crippen LogP contribution in [0.4, 0.5) is 5.69 Å². The molecular weight excluding hydrogens is 316 g/mol. The van der Waals surface area contributed by atoms with Crippen LogP contribution < -0.4 is 15.4 Å². The zero-order chi connectivity index (χ0) is 16.8. The molecule has 1 aliphatic carbocycles. The highest BCUT2D eigenvalue weighted by Gasteiger charge is 2.36. The van der Waals surface area contributed by atoms with E-state index in [0.29, 0.717) is 11.7 Å². The van der Waals surface area contributed by atoms with Crippen molar-refractivity contribution in [2.24, 2.45) is 0 Å². The highest BCUT2D eigenvalue weighted by Crippen LogP contribution is 2.38. The molecule has 0 unspecified atom stereocenters. The lowest BCUT2D eigenvalue weighted by molar-refractivity contribution is 0.342. The van der Waals surface area contributed by atoms with E-state index in [-0.39, 0.29) is 5.54 Å². The summed E-state index contributed by atoms with van der Waals surface area (Å²) in [5.74, 6) is 0.823. The Hall–Kier alpha value is -2.07. The number of hydrogen-bond donors (Lipinski definition) is 2. The number of anilines is 1. The van der Waals surface area contributed by atoms with Crippen LogP contribution in [0.5, 0.6) is 5.75 Å². The number of thiocarbonyl (C=S) groups is 1. The molecule has 1 saturated carbocycles. The lowest BCUT2D eigenvalue weighted by Gasteiger charge is -2.32. The maximum absolute atomic E-state index is 5.67. The Morgan fingerprint density at radius 3 is 2.42 bits per heavy atom. The lowest BCUT2D eigenvalue weighted by atomic mass is 9.88. The molecule has 24 heavy (non-hydrogen) atoms. The van der Waals surface area contributed by atoms with Crippen LogP contribution in [0.1, 0.15) is 38.2 Å². The second-order valence-corrected chi connectivity index (χ2v) is 6.57. The molecule has 2 aromatic carbocycles. The first kappa shape index (κ1) is 16.8. The Morgan fingerprint density at radius 2 is 1.71 bits per heavy atom. The van der Waals surface area contributed by atoms with Crippen LogP contribution in [0.25, 0.3) is 0 Å². The summed E-state index contributed by atoms with van der Waals surface area (Å²) < 4.78 is 5.67. The van der Waals surface area contributed by atoms with Crippen molar-refractivity contribution in [3.05, 3.63) is 60.2 Å². The van der Waals surface area contributed by atoms with Crippen LogP contribution >= 0.6 is 12.2 Å². The molecule has 0 saturated heterocycles. The highest BCUT2D eigenvalue weighted by molar-refractivity contribution is 7.80. The van der Waals surface area contributed by atoms with E-state index < -0.39 is 0 Å². The van der Waals surface area contributed by atoms with Crippen LogP contribution in [0.15, 0.2) is 54.6 Å². The highest BCUT2D eigenvalue weighted by atomic mass is 32.1. The van der Waals surface area contributed by atoms with Crippen molar-refractivity contribution in [1.82, 2.24) is 5.32 Å². The summed E-state index contributed by atoms with van der Waals surface area (Å²) in [6, 6.07) is 18.5. The third-order valence-electron chi connectivity index (χ3n) is 4.57. The fraction of sp³-hybridized carbons (Fsp3) is 0.350. The summed E-state index contributed by atoms with van der Waals surface area (Å²) in [5.41, 5.74) is 2.15. The second kappa shape index (κ2) is 7.67. The normalized spacial score (nSPS) is 15.7. The Morgan fingerprint density at radius 1 is 1.04 bits per heavy atom. The quantitative estimate of drug-likeness (QED) is 0.763. The average Bonchev–Trinajstić information content (AvgIpc) is 3.07. The second-order valence-electron chi connectivity index (χ2n) is 6.16. The predicted octanol–water partition coefficient (Wildman–Crippen LogP) is 4.84. The van der Waals surface area contributed by atoms with Crippen LogP contribution in [0, 0.1) is 0 Å². The molecule has 1 fully saturated rings. The number of nitrogens with one attached hydrogen (secondary N) is 2. The fourth-order valence-corrected chi connectivity index (χ4v) is 3.75. The van der Waals surface area contributed by atoms with E-state index in [1.807, 2.05) is 31.2 Å². The van der Waals surface area contributed by atoms with Gasteiger partial charge in [-0.25, -0.2) is 0 Å². The monoisotopic (exact) mass is 340 g/mol. The predicted molar refractivity (Wildman–Crippen MR) is 104 cm³/mol. The molecular formula is C20H24N2OS. The molecule has 2 aromatic rings. The number of para-hydroxylation sites is 2.